The van der Waals surface area contributed by atoms with Crippen LogP contribution in [0.4, 0.5) is 19.4 Å². The molecule has 134 valence electrons. The highest BCUT2D eigenvalue weighted by atomic mass is 32.2. The predicted octanol–water partition coefficient (Wildman–Crippen LogP) is 2.57. The highest BCUT2D eigenvalue weighted by molar-refractivity contribution is 8.18. The zero-order valence-corrected chi connectivity index (χ0v) is 14.2. The Labute approximate surface area is 146 Å². The number of amides is 2. The number of aromatic nitrogens is 2. The highest BCUT2D eigenvalue weighted by Crippen LogP contribution is 2.42. The van der Waals surface area contributed by atoms with E-state index in [0.717, 1.165) is 9.58 Å². The number of aryl methyl sites for hydroxylation is 1. The van der Waals surface area contributed by atoms with Gasteiger partial charge >= 0.3 is 0 Å². The molecule has 0 unspecified atom stereocenters. The van der Waals surface area contributed by atoms with E-state index in [2.05, 4.69) is 5.10 Å². The van der Waals surface area contributed by atoms with Crippen molar-refractivity contribution in [3.63, 3.8) is 0 Å². The van der Waals surface area contributed by atoms with Crippen LogP contribution in [0.5, 0.6) is 0 Å². The number of imide groups is 1. The summed E-state index contributed by atoms with van der Waals surface area (Å²) in [6.07, 6.45) is -0.521. The summed E-state index contributed by atoms with van der Waals surface area (Å²) in [5.41, 5.74) is 6.56. The molecule has 7 nitrogen and oxygen atoms in total. The molecule has 1 aromatic heterocycles. The lowest BCUT2D eigenvalue weighted by Gasteiger charge is -2.24. The Kier molecular flexibility index (Phi) is 4.40. The summed E-state index contributed by atoms with van der Waals surface area (Å²) in [6, 6.07) is 1.50. The Hall–Kier alpha value is -2.23. The molecule has 3 rings (SSSR count). The molecule has 1 aliphatic carbocycles. The number of hydrogen-bond acceptors (Lipinski definition) is 6. The van der Waals surface area contributed by atoms with Gasteiger partial charge in [-0.3, -0.25) is 19.3 Å². The van der Waals surface area contributed by atoms with Crippen molar-refractivity contribution in [3.8, 4) is 0 Å². The molecule has 25 heavy (non-hydrogen) atoms. The Balaban J connectivity index is 1.76. The second-order valence-electron chi connectivity index (χ2n) is 6.06. The summed E-state index contributed by atoms with van der Waals surface area (Å²) < 4.78 is 27.6. The Morgan fingerprint density at radius 1 is 1.36 bits per heavy atom. The standard InChI is InChI=1S/C15H16F2N4O3S/c1-8-6-10(18)19-21(8)11(22)7-20-13(23)12(25-14(20)24)9-2-4-15(16,17)5-3-9/h6H,2-5,7H2,1H3,(H2,18,19). The zero-order chi connectivity index (χ0) is 18.4. The van der Waals surface area contributed by atoms with E-state index in [9.17, 15) is 23.2 Å². The minimum atomic E-state index is -2.73. The maximum Gasteiger partial charge on any atom is 0.294 e. The molecular formula is C15H16F2N4O3S. The van der Waals surface area contributed by atoms with E-state index in [1.54, 1.807) is 6.92 Å². The van der Waals surface area contributed by atoms with Crippen LogP contribution in [0.1, 0.15) is 36.2 Å². The predicted molar refractivity (Wildman–Crippen MR) is 87.1 cm³/mol. The molecule has 2 fully saturated rings. The number of nitrogens with two attached hydrogens (primary N) is 1. The van der Waals surface area contributed by atoms with Crippen LogP contribution in [0.2, 0.25) is 0 Å². The van der Waals surface area contributed by atoms with E-state index in [0.29, 0.717) is 23.0 Å². The molecule has 1 saturated heterocycles. The van der Waals surface area contributed by atoms with E-state index < -0.39 is 29.5 Å². The van der Waals surface area contributed by atoms with Crippen LogP contribution in [-0.4, -0.2) is 44.2 Å². The summed E-state index contributed by atoms with van der Waals surface area (Å²) in [4.78, 5) is 37.8. The van der Waals surface area contributed by atoms with E-state index in [1.807, 2.05) is 0 Å². The molecule has 1 saturated carbocycles. The van der Waals surface area contributed by atoms with Gasteiger partial charge in [-0.25, -0.2) is 13.5 Å². The van der Waals surface area contributed by atoms with Gasteiger partial charge in [-0.15, -0.1) is 5.10 Å². The van der Waals surface area contributed by atoms with Gasteiger partial charge in [0.1, 0.15) is 12.4 Å². The topological polar surface area (TPSA) is 98.3 Å². The number of thioether (sulfide) groups is 1. The molecule has 0 spiro atoms. The number of nitrogen functional groups attached to an aromatic ring is 1. The summed E-state index contributed by atoms with van der Waals surface area (Å²) >= 11 is 0.701. The van der Waals surface area contributed by atoms with E-state index in [-0.39, 0.29) is 36.4 Å². The van der Waals surface area contributed by atoms with Crippen LogP contribution >= 0.6 is 11.8 Å². The van der Waals surface area contributed by atoms with Crippen molar-refractivity contribution in [3.05, 3.63) is 22.2 Å². The van der Waals surface area contributed by atoms with E-state index in [4.69, 9.17) is 5.73 Å². The number of carbonyl (C=O) groups is 3. The van der Waals surface area contributed by atoms with Crippen molar-refractivity contribution in [2.45, 2.75) is 38.5 Å². The maximum absolute atomic E-state index is 13.3. The van der Waals surface area contributed by atoms with Gasteiger partial charge in [0.05, 0.1) is 4.91 Å². The maximum atomic E-state index is 13.3. The minimum Gasteiger partial charge on any atom is -0.382 e. The quantitative estimate of drug-likeness (QED) is 0.804. The average molecular weight is 370 g/mol. The molecule has 0 atom stereocenters. The fraction of sp³-hybridized carbons (Fsp3) is 0.467. The number of alkyl halides is 2. The van der Waals surface area contributed by atoms with Gasteiger partial charge in [0.25, 0.3) is 17.1 Å². The smallest absolute Gasteiger partial charge is 0.294 e. The first-order valence-corrected chi connectivity index (χ1v) is 8.48. The van der Waals surface area contributed by atoms with Crippen molar-refractivity contribution in [2.24, 2.45) is 0 Å². The number of allylic oxidation sites excluding steroid dienone is 1. The van der Waals surface area contributed by atoms with Crippen LogP contribution in [-0.2, 0) is 4.79 Å². The molecule has 2 N–H and O–H groups in total. The Morgan fingerprint density at radius 2 is 2.00 bits per heavy atom. The van der Waals surface area contributed by atoms with Gasteiger partial charge < -0.3 is 5.73 Å². The SMILES string of the molecule is Cc1cc(N)nn1C(=O)CN1C(=O)SC(=C2CCC(F)(F)CC2)C1=O. The number of halogens is 2. The zero-order valence-electron chi connectivity index (χ0n) is 13.4. The number of hydrogen-bond donors (Lipinski definition) is 1. The number of anilines is 1. The van der Waals surface area contributed by atoms with Crippen LogP contribution in [0, 0.1) is 6.92 Å². The van der Waals surface area contributed by atoms with Gasteiger partial charge in [-0.1, -0.05) is 5.57 Å². The molecule has 2 heterocycles. The molecular weight excluding hydrogens is 354 g/mol. The van der Waals surface area contributed by atoms with Gasteiger partial charge in [0.15, 0.2) is 0 Å². The second-order valence-corrected chi connectivity index (χ2v) is 7.03. The van der Waals surface area contributed by atoms with Gasteiger partial charge in [0.2, 0.25) is 5.92 Å². The van der Waals surface area contributed by atoms with E-state index in [1.165, 1.54) is 6.07 Å². The Morgan fingerprint density at radius 3 is 2.56 bits per heavy atom. The fourth-order valence-corrected chi connectivity index (χ4v) is 3.83. The number of rotatable bonds is 2. The lowest BCUT2D eigenvalue weighted by molar-refractivity contribution is -0.122. The van der Waals surface area contributed by atoms with Crippen molar-refractivity contribution < 1.29 is 23.2 Å². The third-order valence-corrected chi connectivity index (χ3v) is 5.25. The minimum absolute atomic E-state index is 0.0743. The van der Waals surface area contributed by atoms with Crippen LogP contribution in [0.3, 0.4) is 0 Å². The average Bonchev–Trinajstić information content (AvgIpc) is 3.00. The van der Waals surface area contributed by atoms with Crippen molar-refractivity contribution in [1.82, 2.24) is 14.7 Å². The molecule has 0 radical (unpaired) electrons. The molecule has 1 aromatic rings. The first-order chi connectivity index (χ1) is 11.7. The summed E-state index contributed by atoms with van der Waals surface area (Å²) in [6.45, 7) is 1.15. The summed E-state index contributed by atoms with van der Waals surface area (Å²) in [7, 11) is 0. The van der Waals surface area contributed by atoms with Crippen LogP contribution in [0.25, 0.3) is 0 Å². The molecule has 0 aromatic carbocycles. The molecule has 10 heteroatoms. The van der Waals surface area contributed by atoms with Gasteiger partial charge in [-0.2, -0.15) is 0 Å². The van der Waals surface area contributed by atoms with Crippen molar-refractivity contribution >= 4 is 34.6 Å². The van der Waals surface area contributed by atoms with E-state index >= 15 is 0 Å². The first kappa shape index (κ1) is 17.6. The van der Waals surface area contributed by atoms with Crippen molar-refractivity contribution in [2.75, 3.05) is 12.3 Å². The summed E-state index contributed by atoms with van der Waals surface area (Å²) in [5.74, 6) is -3.75. The first-order valence-electron chi connectivity index (χ1n) is 7.67. The molecule has 2 amide bonds. The molecule has 2 aliphatic rings. The lowest BCUT2D eigenvalue weighted by atomic mass is 9.91. The largest absolute Gasteiger partial charge is 0.382 e. The highest BCUT2D eigenvalue weighted by Gasteiger charge is 2.41. The van der Waals surface area contributed by atoms with Crippen molar-refractivity contribution in [1.29, 1.82) is 0 Å². The van der Waals surface area contributed by atoms with Gasteiger partial charge in [-0.05, 0) is 31.5 Å². The normalized spacial score (nSPS) is 20.5. The monoisotopic (exact) mass is 370 g/mol. The number of carbonyl (C=O) groups excluding carboxylic acids is 3. The number of nitrogens with zero attached hydrogens (tertiary/aromatic N) is 3. The lowest BCUT2D eigenvalue weighted by Crippen LogP contribution is -2.36. The van der Waals surface area contributed by atoms with Crippen LogP contribution < -0.4 is 5.73 Å². The molecule has 0 bridgehead atoms. The van der Waals surface area contributed by atoms with Gasteiger partial charge in [0, 0.05) is 24.6 Å². The molecule has 1 aliphatic heterocycles. The Bertz CT molecular complexity index is 791. The third kappa shape index (κ3) is 3.44. The second kappa shape index (κ2) is 6.25. The third-order valence-electron chi connectivity index (χ3n) is 4.19. The fourth-order valence-electron chi connectivity index (χ4n) is 2.85. The van der Waals surface area contributed by atoms with Crippen LogP contribution in [0.15, 0.2) is 16.5 Å². The summed E-state index contributed by atoms with van der Waals surface area (Å²) in [5, 5.41) is 3.23.